The topological polar surface area (TPSA) is 111 Å². The summed E-state index contributed by atoms with van der Waals surface area (Å²) < 4.78 is 12.5. The summed E-state index contributed by atoms with van der Waals surface area (Å²) >= 11 is 1.51. The fraction of sp³-hybridized carbons (Fsp3) is 0.179. The van der Waals surface area contributed by atoms with Gasteiger partial charge in [-0.1, -0.05) is 60.3 Å². The monoisotopic (exact) mass is 529 g/mol. The number of nitrogens with zero attached hydrogens (tertiary/aromatic N) is 3. The molecule has 194 valence electrons. The molecule has 3 N–H and O–H groups in total. The van der Waals surface area contributed by atoms with Gasteiger partial charge in [0, 0.05) is 11.4 Å². The number of hydrogen-bond donors (Lipinski definition) is 3. The number of thioether (sulfide) groups is 1. The van der Waals surface area contributed by atoms with Crippen molar-refractivity contribution in [2.45, 2.75) is 23.9 Å². The normalized spacial score (nSPS) is 14.4. The number of allylic oxidation sites excluding steroid dienone is 1. The highest BCUT2D eigenvalue weighted by atomic mass is 32.2. The fourth-order valence-corrected chi connectivity index (χ4v) is 5.10. The van der Waals surface area contributed by atoms with E-state index in [-0.39, 0.29) is 11.7 Å². The molecule has 0 saturated heterocycles. The number of benzene rings is 3. The average molecular weight is 530 g/mol. The molecule has 10 heteroatoms. The number of anilines is 2. The highest BCUT2D eigenvalue weighted by molar-refractivity contribution is 7.98. The van der Waals surface area contributed by atoms with Gasteiger partial charge in [-0.3, -0.25) is 4.79 Å². The Labute approximate surface area is 224 Å². The second kappa shape index (κ2) is 10.9. The van der Waals surface area contributed by atoms with Crippen molar-refractivity contribution in [1.29, 1.82) is 0 Å². The van der Waals surface area contributed by atoms with E-state index in [0.717, 1.165) is 5.56 Å². The van der Waals surface area contributed by atoms with Gasteiger partial charge in [0.1, 0.15) is 11.8 Å². The number of nitrogens with one attached hydrogen (secondary N) is 2. The molecule has 1 amide bonds. The van der Waals surface area contributed by atoms with Crippen molar-refractivity contribution in [2.24, 2.45) is 0 Å². The Bertz CT molecular complexity index is 1500. The summed E-state index contributed by atoms with van der Waals surface area (Å²) in [4.78, 5) is 18.5. The molecule has 4 aromatic rings. The van der Waals surface area contributed by atoms with E-state index < -0.39 is 6.04 Å². The molecule has 5 rings (SSSR count). The quantitative estimate of drug-likeness (QED) is 0.267. The van der Waals surface area contributed by atoms with Gasteiger partial charge in [0.25, 0.3) is 5.91 Å². The van der Waals surface area contributed by atoms with E-state index in [1.807, 2.05) is 37.3 Å². The molecule has 3 aromatic carbocycles. The molecule has 1 atom stereocenters. The molecule has 9 nitrogen and oxygen atoms in total. The van der Waals surface area contributed by atoms with Crippen LogP contribution in [0.25, 0.3) is 0 Å². The molecule has 0 spiro atoms. The maximum atomic E-state index is 13.8. The van der Waals surface area contributed by atoms with Crippen molar-refractivity contribution in [3.8, 4) is 17.2 Å². The molecule has 38 heavy (non-hydrogen) atoms. The van der Waals surface area contributed by atoms with Crippen LogP contribution >= 0.6 is 11.8 Å². The molecule has 0 bridgehead atoms. The highest BCUT2D eigenvalue weighted by Crippen LogP contribution is 2.40. The lowest BCUT2D eigenvalue weighted by molar-refractivity contribution is -0.113. The third-order valence-corrected chi connectivity index (χ3v) is 7.07. The molecule has 0 radical (unpaired) electrons. The molecule has 0 saturated carbocycles. The largest absolute Gasteiger partial charge is 0.504 e. The van der Waals surface area contributed by atoms with Crippen LogP contribution in [-0.2, 0) is 10.5 Å². The lowest BCUT2D eigenvalue weighted by atomic mass is 9.94. The number of methoxy groups -OCH3 is 2. The predicted molar refractivity (Wildman–Crippen MR) is 147 cm³/mol. The Hall–Kier alpha value is -4.44. The molecule has 0 fully saturated rings. The number of para-hydroxylation sites is 2. The zero-order chi connectivity index (χ0) is 26.6. The minimum Gasteiger partial charge on any atom is -0.504 e. The van der Waals surface area contributed by atoms with E-state index >= 15 is 0 Å². The zero-order valence-electron chi connectivity index (χ0n) is 21.1. The van der Waals surface area contributed by atoms with Gasteiger partial charge in [0.15, 0.2) is 11.5 Å². The minimum absolute atomic E-state index is 0.00355. The molecular formula is C28H27N5O4S. The SMILES string of the molecule is COc1cc([C@H]2C(C(=O)Nc3ccccc3OC)=C(C)Nc3nc(SCc4ccccc4)nn32)ccc1O. The van der Waals surface area contributed by atoms with Crippen molar-refractivity contribution in [1.82, 2.24) is 14.8 Å². The lowest BCUT2D eigenvalue weighted by Crippen LogP contribution is -2.31. The van der Waals surface area contributed by atoms with Crippen molar-refractivity contribution in [3.05, 3.63) is 95.2 Å². The number of phenols is 1. The number of aromatic hydroxyl groups is 1. The summed E-state index contributed by atoms with van der Waals surface area (Å²) in [6, 6.07) is 21.7. The summed E-state index contributed by atoms with van der Waals surface area (Å²) in [5.41, 5.74) is 3.49. The highest BCUT2D eigenvalue weighted by Gasteiger charge is 2.35. The average Bonchev–Trinajstić information content (AvgIpc) is 3.34. The Kier molecular flexibility index (Phi) is 7.23. The van der Waals surface area contributed by atoms with Gasteiger partial charge in [-0.05, 0) is 42.3 Å². The van der Waals surface area contributed by atoms with Crippen LogP contribution in [0.3, 0.4) is 0 Å². The van der Waals surface area contributed by atoms with Gasteiger partial charge in [-0.2, -0.15) is 4.98 Å². The van der Waals surface area contributed by atoms with Crippen LogP contribution in [0.2, 0.25) is 0 Å². The van der Waals surface area contributed by atoms with Crippen LogP contribution in [0.5, 0.6) is 17.2 Å². The number of carbonyl (C=O) groups is 1. The maximum absolute atomic E-state index is 13.8. The van der Waals surface area contributed by atoms with Crippen molar-refractivity contribution in [2.75, 3.05) is 24.9 Å². The Morgan fingerprint density at radius 1 is 1.05 bits per heavy atom. The van der Waals surface area contributed by atoms with Crippen LogP contribution in [0, 0.1) is 0 Å². The summed E-state index contributed by atoms with van der Waals surface area (Å²) in [5, 5.41) is 21.8. The van der Waals surface area contributed by atoms with Gasteiger partial charge < -0.3 is 25.2 Å². The summed E-state index contributed by atoms with van der Waals surface area (Å²) in [6.45, 7) is 1.83. The molecule has 1 aliphatic heterocycles. The molecular weight excluding hydrogens is 502 g/mol. The summed E-state index contributed by atoms with van der Waals surface area (Å²) in [6.07, 6.45) is 0. The molecule has 2 heterocycles. The van der Waals surface area contributed by atoms with E-state index in [1.165, 1.54) is 18.9 Å². The zero-order valence-corrected chi connectivity index (χ0v) is 22.0. The Balaban J connectivity index is 1.54. The van der Waals surface area contributed by atoms with E-state index in [1.54, 1.807) is 42.1 Å². The number of aromatic nitrogens is 3. The summed E-state index contributed by atoms with van der Waals surface area (Å²) in [7, 11) is 3.04. The number of ether oxygens (including phenoxy) is 2. The van der Waals surface area contributed by atoms with Gasteiger partial charge >= 0.3 is 0 Å². The van der Waals surface area contributed by atoms with Crippen LogP contribution < -0.4 is 20.1 Å². The van der Waals surface area contributed by atoms with Gasteiger partial charge in [-0.15, -0.1) is 5.10 Å². The standard InChI is InChI=1S/C28H27N5O4S/c1-17-24(26(35)30-20-11-7-8-12-22(20)36-2)25(19-13-14-21(34)23(15-19)37-3)33-27(29-17)31-28(32-33)38-16-18-9-5-4-6-10-18/h4-15,25,34H,16H2,1-3H3,(H,30,35)(H,29,31,32)/t25-/m0/s1. The van der Waals surface area contributed by atoms with E-state index in [9.17, 15) is 9.90 Å². The third-order valence-electron chi connectivity index (χ3n) is 6.16. The smallest absolute Gasteiger partial charge is 0.255 e. The summed E-state index contributed by atoms with van der Waals surface area (Å²) in [5.74, 6) is 1.74. The fourth-order valence-electron chi connectivity index (χ4n) is 4.32. The van der Waals surface area contributed by atoms with Crippen LogP contribution in [0.1, 0.15) is 24.1 Å². The van der Waals surface area contributed by atoms with Crippen molar-refractivity contribution < 1.29 is 19.4 Å². The van der Waals surface area contributed by atoms with E-state index in [4.69, 9.17) is 19.6 Å². The van der Waals surface area contributed by atoms with E-state index in [2.05, 4.69) is 22.8 Å². The molecule has 0 unspecified atom stereocenters. The number of phenolic OH excluding ortho intramolecular Hbond substituents is 1. The first-order chi connectivity index (χ1) is 18.5. The minimum atomic E-state index is -0.631. The van der Waals surface area contributed by atoms with Crippen molar-refractivity contribution in [3.63, 3.8) is 0 Å². The number of rotatable bonds is 8. The second-order valence-electron chi connectivity index (χ2n) is 8.59. The van der Waals surface area contributed by atoms with Gasteiger partial charge in [-0.25, -0.2) is 4.68 Å². The molecule has 0 aliphatic carbocycles. The second-order valence-corrected chi connectivity index (χ2v) is 9.53. The first-order valence-electron chi connectivity index (χ1n) is 11.9. The first kappa shape index (κ1) is 25.2. The Morgan fingerprint density at radius 2 is 1.79 bits per heavy atom. The maximum Gasteiger partial charge on any atom is 0.255 e. The van der Waals surface area contributed by atoms with E-state index in [0.29, 0.717) is 50.9 Å². The Morgan fingerprint density at radius 3 is 2.55 bits per heavy atom. The van der Waals surface area contributed by atoms with Gasteiger partial charge in [0.05, 0.1) is 25.5 Å². The number of carbonyl (C=O) groups excluding carboxylic acids is 1. The first-order valence-corrected chi connectivity index (χ1v) is 12.9. The van der Waals surface area contributed by atoms with Crippen LogP contribution in [0.15, 0.2) is 89.2 Å². The van der Waals surface area contributed by atoms with Crippen LogP contribution in [-0.4, -0.2) is 40.0 Å². The predicted octanol–water partition coefficient (Wildman–Crippen LogP) is 5.22. The molecule has 1 aliphatic rings. The lowest BCUT2D eigenvalue weighted by Gasteiger charge is -2.29. The van der Waals surface area contributed by atoms with Gasteiger partial charge in [0.2, 0.25) is 11.1 Å². The molecule has 1 aromatic heterocycles. The number of amides is 1. The third kappa shape index (κ3) is 5.03. The number of hydrogen-bond acceptors (Lipinski definition) is 8. The number of fused-ring (bicyclic) bond motifs is 1. The van der Waals surface area contributed by atoms with Crippen LogP contribution in [0.4, 0.5) is 11.6 Å². The van der Waals surface area contributed by atoms with Crippen molar-refractivity contribution >= 4 is 29.3 Å².